The molecule has 1 rings (SSSR count). The number of nitrogens with one attached hydrogen (secondary N) is 1. The SMILES string of the molecule is CN[C@@H](C)c1ccc(C(F)(F)F)cc1. The molecule has 0 heterocycles. The molecule has 0 aliphatic heterocycles. The molecule has 0 amide bonds. The maximum absolute atomic E-state index is 12.2. The van der Waals surface area contributed by atoms with Crippen molar-refractivity contribution in [1.82, 2.24) is 5.32 Å². The topological polar surface area (TPSA) is 12.0 Å². The van der Waals surface area contributed by atoms with Crippen LogP contribution >= 0.6 is 0 Å². The van der Waals surface area contributed by atoms with Crippen molar-refractivity contribution in [1.29, 1.82) is 0 Å². The van der Waals surface area contributed by atoms with E-state index in [0.29, 0.717) is 0 Å². The van der Waals surface area contributed by atoms with Gasteiger partial charge in [-0.15, -0.1) is 0 Å². The van der Waals surface area contributed by atoms with Crippen LogP contribution in [-0.4, -0.2) is 7.05 Å². The number of rotatable bonds is 2. The van der Waals surface area contributed by atoms with E-state index in [4.69, 9.17) is 0 Å². The lowest BCUT2D eigenvalue weighted by Gasteiger charge is -2.12. The molecule has 1 nitrogen and oxygen atoms in total. The number of hydrogen-bond donors (Lipinski definition) is 1. The van der Waals surface area contributed by atoms with E-state index in [9.17, 15) is 13.2 Å². The van der Waals surface area contributed by atoms with Gasteiger partial charge in [0.25, 0.3) is 0 Å². The Labute approximate surface area is 80.9 Å². The normalized spacial score (nSPS) is 14.1. The first-order chi connectivity index (χ1) is 6.45. The Morgan fingerprint density at radius 3 is 2.00 bits per heavy atom. The molecule has 78 valence electrons. The second kappa shape index (κ2) is 4.00. The molecule has 4 heteroatoms. The highest BCUT2D eigenvalue weighted by molar-refractivity contribution is 5.26. The average Bonchev–Trinajstić information content (AvgIpc) is 2.15. The molecule has 0 fully saturated rings. The van der Waals surface area contributed by atoms with Crippen molar-refractivity contribution in [2.75, 3.05) is 7.05 Å². The fraction of sp³-hybridized carbons (Fsp3) is 0.400. The number of hydrogen-bond acceptors (Lipinski definition) is 1. The largest absolute Gasteiger partial charge is 0.416 e. The highest BCUT2D eigenvalue weighted by atomic mass is 19.4. The molecule has 1 N–H and O–H groups in total. The van der Waals surface area contributed by atoms with Crippen LogP contribution in [0.3, 0.4) is 0 Å². The Morgan fingerprint density at radius 1 is 1.14 bits per heavy atom. The predicted molar refractivity (Wildman–Crippen MR) is 48.9 cm³/mol. The quantitative estimate of drug-likeness (QED) is 0.779. The van der Waals surface area contributed by atoms with Gasteiger partial charge in [0.1, 0.15) is 0 Å². The molecule has 0 saturated heterocycles. The minimum absolute atomic E-state index is 0.0669. The van der Waals surface area contributed by atoms with Crippen molar-refractivity contribution in [3.05, 3.63) is 35.4 Å². The van der Waals surface area contributed by atoms with Crippen LogP contribution in [0.25, 0.3) is 0 Å². The first-order valence-corrected chi connectivity index (χ1v) is 4.29. The molecular formula is C10H12F3N. The molecule has 1 aromatic carbocycles. The third-order valence-electron chi connectivity index (χ3n) is 2.17. The zero-order chi connectivity index (χ0) is 10.8. The Bertz CT molecular complexity index is 289. The number of halogens is 3. The van der Waals surface area contributed by atoms with Gasteiger partial charge >= 0.3 is 6.18 Å². The Morgan fingerprint density at radius 2 is 1.64 bits per heavy atom. The second-order valence-electron chi connectivity index (χ2n) is 3.13. The van der Waals surface area contributed by atoms with Gasteiger partial charge < -0.3 is 5.32 Å². The van der Waals surface area contributed by atoms with E-state index in [-0.39, 0.29) is 6.04 Å². The highest BCUT2D eigenvalue weighted by Gasteiger charge is 2.29. The lowest BCUT2D eigenvalue weighted by molar-refractivity contribution is -0.137. The van der Waals surface area contributed by atoms with E-state index in [0.717, 1.165) is 17.7 Å². The lowest BCUT2D eigenvalue weighted by Crippen LogP contribution is -2.12. The van der Waals surface area contributed by atoms with Crippen molar-refractivity contribution >= 4 is 0 Å². The maximum atomic E-state index is 12.2. The summed E-state index contributed by atoms with van der Waals surface area (Å²) in [4.78, 5) is 0. The van der Waals surface area contributed by atoms with Crippen molar-refractivity contribution in [2.24, 2.45) is 0 Å². The lowest BCUT2D eigenvalue weighted by atomic mass is 10.1. The van der Waals surface area contributed by atoms with Crippen molar-refractivity contribution in [3.8, 4) is 0 Å². The third-order valence-corrected chi connectivity index (χ3v) is 2.17. The zero-order valence-electron chi connectivity index (χ0n) is 8.02. The van der Waals surface area contributed by atoms with Crippen LogP contribution in [0.4, 0.5) is 13.2 Å². The summed E-state index contributed by atoms with van der Waals surface area (Å²) in [5.74, 6) is 0. The van der Waals surface area contributed by atoms with Gasteiger partial charge in [-0.25, -0.2) is 0 Å². The second-order valence-corrected chi connectivity index (χ2v) is 3.13. The molecule has 0 saturated carbocycles. The van der Waals surface area contributed by atoms with Gasteiger partial charge in [0.15, 0.2) is 0 Å². The van der Waals surface area contributed by atoms with Crippen LogP contribution in [0.15, 0.2) is 24.3 Å². The van der Waals surface area contributed by atoms with Gasteiger partial charge in [-0.3, -0.25) is 0 Å². The summed E-state index contributed by atoms with van der Waals surface area (Å²) < 4.78 is 36.6. The summed E-state index contributed by atoms with van der Waals surface area (Å²) in [5.41, 5.74) is 0.241. The molecule has 1 aromatic rings. The van der Waals surface area contributed by atoms with Gasteiger partial charge in [0.05, 0.1) is 5.56 Å². The third kappa shape index (κ3) is 2.48. The summed E-state index contributed by atoms with van der Waals surface area (Å²) in [5, 5.41) is 2.96. The van der Waals surface area contributed by atoms with Crippen LogP contribution in [0.2, 0.25) is 0 Å². The molecule has 0 bridgehead atoms. The van der Waals surface area contributed by atoms with E-state index in [2.05, 4.69) is 5.32 Å². The van der Waals surface area contributed by atoms with E-state index < -0.39 is 11.7 Å². The maximum Gasteiger partial charge on any atom is 0.416 e. The predicted octanol–water partition coefficient (Wildman–Crippen LogP) is 2.99. The van der Waals surface area contributed by atoms with Crippen LogP contribution in [0, 0.1) is 0 Å². The zero-order valence-corrected chi connectivity index (χ0v) is 8.02. The van der Waals surface area contributed by atoms with Crippen LogP contribution in [-0.2, 0) is 6.18 Å². The molecular weight excluding hydrogens is 191 g/mol. The van der Waals surface area contributed by atoms with E-state index in [1.165, 1.54) is 12.1 Å². The Hall–Kier alpha value is -1.03. The van der Waals surface area contributed by atoms with Gasteiger partial charge in [-0.1, -0.05) is 12.1 Å². The van der Waals surface area contributed by atoms with Crippen LogP contribution < -0.4 is 5.32 Å². The first-order valence-electron chi connectivity index (χ1n) is 4.29. The van der Waals surface area contributed by atoms with Crippen molar-refractivity contribution in [3.63, 3.8) is 0 Å². The summed E-state index contributed by atoms with van der Waals surface area (Å²) in [6.45, 7) is 1.89. The first kappa shape index (κ1) is 11.0. The van der Waals surface area contributed by atoms with Crippen LogP contribution in [0.5, 0.6) is 0 Å². The standard InChI is InChI=1S/C10H12F3N/c1-7(14-2)8-3-5-9(6-4-8)10(11,12)13/h3-7,14H,1-2H3/t7-/m0/s1. The fourth-order valence-corrected chi connectivity index (χ4v) is 1.13. The molecule has 14 heavy (non-hydrogen) atoms. The smallest absolute Gasteiger partial charge is 0.313 e. The van der Waals surface area contributed by atoms with E-state index in [1.54, 1.807) is 7.05 Å². The van der Waals surface area contributed by atoms with E-state index in [1.807, 2.05) is 6.92 Å². The van der Waals surface area contributed by atoms with Crippen molar-refractivity contribution < 1.29 is 13.2 Å². The summed E-state index contributed by atoms with van der Waals surface area (Å²) in [6.07, 6.45) is -4.25. The minimum Gasteiger partial charge on any atom is -0.313 e. The summed E-state index contributed by atoms with van der Waals surface area (Å²) in [7, 11) is 1.77. The molecule has 0 unspecified atom stereocenters. The summed E-state index contributed by atoms with van der Waals surface area (Å²) in [6, 6.07) is 5.25. The van der Waals surface area contributed by atoms with Gasteiger partial charge in [0, 0.05) is 6.04 Å². The number of benzene rings is 1. The summed E-state index contributed by atoms with van der Waals surface area (Å²) >= 11 is 0. The molecule has 0 radical (unpaired) electrons. The monoisotopic (exact) mass is 203 g/mol. The molecule has 0 aliphatic rings. The molecule has 0 spiro atoms. The molecule has 1 atom stereocenters. The Kier molecular flexibility index (Phi) is 3.16. The number of alkyl halides is 3. The average molecular weight is 203 g/mol. The fourth-order valence-electron chi connectivity index (χ4n) is 1.13. The van der Waals surface area contributed by atoms with Gasteiger partial charge in [-0.05, 0) is 31.7 Å². The van der Waals surface area contributed by atoms with Crippen LogP contribution in [0.1, 0.15) is 24.1 Å². The Balaban J connectivity index is 2.89. The van der Waals surface area contributed by atoms with E-state index >= 15 is 0 Å². The molecule has 0 aliphatic carbocycles. The van der Waals surface area contributed by atoms with Gasteiger partial charge in [0.2, 0.25) is 0 Å². The van der Waals surface area contributed by atoms with Gasteiger partial charge in [-0.2, -0.15) is 13.2 Å². The minimum atomic E-state index is -4.25. The van der Waals surface area contributed by atoms with Crippen molar-refractivity contribution in [2.45, 2.75) is 19.1 Å². The molecule has 0 aromatic heterocycles. The highest BCUT2D eigenvalue weighted by Crippen LogP contribution is 2.29.